The quantitative estimate of drug-likeness (QED) is 0.726. The lowest BCUT2D eigenvalue weighted by molar-refractivity contribution is 0.112. The van der Waals surface area contributed by atoms with E-state index in [1.165, 1.54) is 0 Å². The summed E-state index contributed by atoms with van der Waals surface area (Å²) in [5.74, 6) is 1.13. The van der Waals surface area contributed by atoms with Gasteiger partial charge in [0.2, 0.25) is 0 Å². The summed E-state index contributed by atoms with van der Waals surface area (Å²) in [7, 11) is 0. The van der Waals surface area contributed by atoms with E-state index in [9.17, 15) is 4.79 Å². The van der Waals surface area contributed by atoms with E-state index in [-0.39, 0.29) is 0 Å². The molecule has 0 unspecified atom stereocenters. The van der Waals surface area contributed by atoms with Crippen molar-refractivity contribution in [2.75, 3.05) is 0 Å². The monoisotopic (exact) mass is 294 g/mol. The predicted octanol–water partition coefficient (Wildman–Crippen LogP) is 5.22. The van der Waals surface area contributed by atoms with Crippen LogP contribution in [-0.4, -0.2) is 6.29 Å². The van der Waals surface area contributed by atoms with Gasteiger partial charge in [0.15, 0.2) is 6.29 Å². The third-order valence-electron chi connectivity index (χ3n) is 2.74. The Morgan fingerprint density at radius 2 is 1.63 bits per heavy atom. The molecule has 0 saturated heterocycles. The van der Waals surface area contributed by atoms with Crippen molar-refractivity contribution in [3.05, 3.63) is 57.1 Å². The summed E-state index contributed by atoms with van der Waals surface area (Å²) in [5, 5.41) is 1.17. The van der Waals surface area contributed by atoms with Crippen LogP contribution in [0, 0.1) is 13.8 Å². The lowest BCUT2D eigenvalue weighted by Gasteiger charge is -2.13. The third-order valence-corrected chi connectivity index (χ3v) is 3.19. The molecule has 2 aromatic carbocycles. The molecule has 0 aromatic heterocycles. The van der Waals surface area contributed by atoms with Crippen LogP contribution in [0.5, 0.6) is 11.5 Å². The van der Waals surface area contributed by atoms with Crippen molar-refractivity contribution in [1.82, 2.24) is 0 Å². The van der Waals surface area contributed by atoms with Crippen molar-refractivity contribution in [2.45, 2.75) is 13.8 Å². The Hall–Kier alpha value is -1.51. The SMILES string of the molecule is Cc1cc(Cl)cc(C)c1Oc1cc(Cl)ccc1C=O. The van der Waals surface area contributed by atoms with Crippen molar-refractivity contribution in [3.63, 3.8) is 0 Å². The Kier molecular flexibility index (Phi) is 4.13. The Labute approximate surface area is 121 Å². The van der Waals surface area contributed by atoms with E-state index in [0.29, 0.717) is 27.1 Å². The van der Waals surface area contributed by atoms with Crippen LogP contribution in [0.15, 0.2) is 30.3 Å². The average Bonchev–Trinajstić information content (AvgIpc) is 2.34. The van der Waals surface area contributed by atoms with Gasteiger partial charge in [0.05, 0.1) is 5.56 Å². The van der Waals surface area contributed by atoms with Crippen LogP contribution in [0.3, 0.4) is 0 Å². The largest absolute Gasteiger partial charge is 0.456 e. The van der Waals surface area contributed by atoms with Gasteiger partial charge in [-0.3, -0.25) is 4.79 Å². The van der Waals surface area contributed by atoms with Crippen molar-refractivity contribution < 1.29 is 9.53 Å². The number of halogens is 2. The molecule has 0 spiro atoms. The van der Waals surface area contributed by atoms with Crippen molar-refractivity contribution in [3.8, 4) is 11.5 Å². The minimum absolute atomic E-state index is 0.441. The molecule has 0 aliphatic heterocycles. The van der Waals surface area contributed by atoms with Gasteiger partial charge in [-0.25, -0.2) is 0 Å². The molecule has 2 rings (SSSR count). The number of hydrogen-bond acceptors (Lipinski definition) is 2. The van der Waals surface area contributed by atoms with E-state index in [1.54, 1.807) is 18.2 Å². The molecule has 0 aliphatic carbocycles. The summed E-state index contributed by atoms with van der Waals surface area (Å²) >= 11 is 11.9. The van der Waals surface area contributed by atoms with Gasteiger partial charge in [-0.1, -0.05) is 23.2 Å². The van der Waals surface area contributed by atoms with Crippen LogP contribution in [0.1, 0.15) is 21.5 Å². The highest BCUT2D eigenvalue weighted by Gasteiger charge is 2.10. The first kappa shape index (κ1) is 13.9. The topological polar surface area (TPSA) is 26.3 Å². The summed E-state index contributed by atoms with van der Waals surface area (Å²) in [4.78, 5) is 11.0. The maximum atomic E-state index is 11.0. The number of carbonyl (C=O) groups excluding carboxylic acids is 1. The zero-order valence-electron chi connectivity index (χ0n) is 10.5. The fraction of sp³-hybridized carbons (Fsp3) is 0.133. The number of rotatable bonds is 3. The first-order chi connectivity index (χ1) is 9.01. The van der Waals surface area contributed by atoms with Crippen LogP contribution >= 0.6 is 23.2 Å². The first-order valence-corrected chi connectivity index (χ1v) is 6.46. The number of aldehydes is 1. The molecule has 19 heavy (non-hydrogen) atoms. The van der Waals surface area contributed by atoms with E-state index < -0.39 is 0 Å². The van der Waals surface area contributed by atoms with Gasteiger partial charge in [0.25, 0.3) is 0 Å². The number of aryl methyl sites for hydroxylation is 2. The van der Waals surface area contributed by atoms with Gasteiger partial charge in [0, 0.05) is 16.1 Å². The van der Waals surface area contributed by atoms with Crippen LogP contribution in [0.25, 0.3) is 0 Å². The fourth-order valence-corrected chi connectivity index (χ4v) is 2.35. The van der Waals surface area contributed by atoms with Crippen LogP contribution in [0.2, 0.25) is 10.0 Å². The molecular formula is C15H12Cl2O2. The highest BCUT2D eigenvalue weighted by atomic mass is 35.5. The lowest BCUT2D eigenvalue weighted by atomic mass is 10.1. The third kappa shape index (κ3) is 3.09. The van der Waals surface area contributed by atoms with E-state index in [0.717, 1.165) is 17.4 Å². The van der Waals surface area contributed by atoms with Gasteiger partial charge < -0.3 is 4.74 Å². The summed E-state index contributed by atoms with van der Waals surface area (Å²) in [5.41, 5.74) is 2.27. The van der Waals surface area contributed by atoms with Gasteiger partial charge >= 0.3 is 0 Å². The molecular weight excluding hydrogens is 283 g/mol. The van der Waals surface area contributed by atoms with Gasteiger partial charge in [-0.05, 0) is 49.2 Å². The molecule has 0 amide bonds. The number of hydrogen-bond donors (Lipinski definition) is 0. The minimum atomic E-state index is 0.441. The summed E-state index contributed by atoms with van der Waals surface area (Å²) in [6.45, 7) is 3.80. The van der Waals surface area contributed by atoms with Gasteiger partial charge in [0.1, 0.15) is 11.5 Å². The lowest BCUT2D eigenvalue weighted by Crippen LogP contribution is -1.94. The number of ether oxygens (including phenoxy) is 1. The average molecular weight is 295 g/mol. The van der Waals surface area contributed by atoms with E-state index in [2.05, 4.69) is 0 Å². The molecule has 2 nitrogen and oxygen atoms in total. The van der Waals surface area contributed by atoms with Crippen LogP contribution in [0.4, 0.5) is 0 Å². The Bertz CT molecular complexity index is 613. The van der Waals surface area contributed by atoms with E-state index in [1.807, 2.05) is 26.0 Å². The molecule has 4 heteroatoms. The highest BCUT2D eigenvalue weighted by Crippen LogP contribution is 2.33. The van der Waals surface area contributed by atoms with Crippen molar-refractivity contribution in [1.29, 1.82) is 0 Å². The van der Waals surface area contributed by atoms with Crippen LogP contribution in [-0.2, 0) is 0 Å². The number of carbonyl (C=O) groups is 1. The second-order valence-electron chi connectivity index (χ2n) is 4.27. The first-order valence-electron chi connectivity index (χ1n) is 5.70. The summed E-state index contributed by atoms with van der Waals surface area (Å²) in [6, 6.07) is 8.54. The maximum absolute atomic E-state index is 11.0. The Balaban J connectivity index is 2.47. The van der Waals surface area contributed by atoms with Crippen molar-refractivity contribution >= 4 is 29.5 Å². The smallest absolute Gasteiger partial charge is 0.153 e. The standard InChI is InChI=1S/C15H12Cl2O2/c1-9-5-13(17)6-10(2)15(9)19-14-7-12(16)4-3-11(14)8-18/h3-8H,1-2H3. The zero-order valence-corrected chi connectivity index (χ0v) is 12.0. The van der Waals surface area contributed by atoms with Crippen LogP contribution < -0.4 is 4.74 Å². The second kappa shape index (κ2) is 5.64. The molecule has 0 N–H and O–H groups in total. The molecule has 0 fully saturated rings. The van der Waals surface area contributed by atoms with Crippen molar-refractivity contribution in [2.24, 2.45) is 0 Å². The second-order valence-corrected chi connectivity index (χ2v) is 5.14. The fourth-order valence-electron chi connectivity index (χ4n) is 1.86. The maximum Gasteiger partial charge on any atom is 0.153 e. The minimum Gasteiger partial charge on any atom is -0.456 e. The highest BCUT2D eigenvalue weighted by molar-refractivity contribution is 6.31. The Morgan fingerprint density at radius 3 is 2.21 bits per heavy atom. The molecule has 0 bridgehead atoms. The summed E-state index contributed by atoms with van der Waals surface area (Å²) in [6.07, 6.45) is 0.742. The molecule has 2 aromatic rings. The Morgan fingerprint density at radius 1 is 1.00 bits per heavy atom. The molecule has 0 radical (unpaired) electrons. The normalized spacial score (nSPS) is 10.3. The molecule has 0 heterocycles. The van der Waals surface area contributed by atoms with Gasteiger partial charge in [-0.15, -0.1) is 0 Å². The molecule has 0 saturated carbocycles. The molecule has 0 atom stereocenters. The molecule has 98 valence electrons. The van der Waals surface area contributed by atoms with Gasteiger partial charge in [-0.2, -0.15) is 0 Å². The van der Waals surface area contributed by atoms with E-state index in [4.69, 9.17) is 27.9 Å². The van der Waals surface area contributed by atoms with E-state index >= 15 is 0 Å². The predicted molar refractivity (Wildman–Crippen MR) is 77.8 cm³/mol. The molecule has 0 aliphatic rings. The summed E-state index contributed by atoms with van der Waals surface area (Å²) < 4.78 is 5.82. The number of benzene rings is 2. The zero-order chi connectivity index (χ0) is 14.0.